The van der Waals surface area contributed by atoms with Gasteiger partial charge in [0, 0.05) is 6.20 Å². The number of aromatic nitrogens is 2. The lowest BCUT2D eigenvalue weighted by molar-refractivity contribution is -0.0773. The molecular formula is C9H13FIN3O4. The summed E-state index contributed by atoms with van der Waals surface area (Å²) in [5.74, 6) is 0.0390. The second-order valence-corrected chi connectivity index (χ2v) is 4.51. The molecular weight excluding hydrogens is 360 g/mol. The average Bonchev–Trinajstić information content (AvgIpc) is 2.35. The molecule has 0 fully saturated rings. The van der Waals surface area contributed by atoms with E-state index in [4.69, 9.17) is 20.7 Å². The quantitative estimate of drug-likeness (QED) is 0.567. The molecule has 0 bridgehead atoms. The Kier molecular flexibility index (Phi) is 5.91. The SMILES string of the molecule is Nc1nc(=O)n([C@H](OCCO)C(F)CO)cc1I. The van der Waals surface area contributed by atoms with Gasteiger partial charge >= 0.3 is 5.69 Å². The van der Waals surface area contributed by atoms with Crippen molar-refractivity contribution >= 4 is 28.4 Å². The van der Waals surface area contributed by atoms with Crippen molar-refractivity contribution in [3.05, 3.63) is 20.3 Å². The molecule has 0 aromatic carbocycles. The highest BCUT2D eigenvalue weighted by Crippen LogP contribution is 2.17. The van der Waals surface area contributed by atoms with E-state index in [0.717, 1.165) is 4.57 Å². The van der Waals surface area contributed by atoms with Crippen molar-refractivity contribution < 1.29 is 19.3 Å². The van der Waals surface area contributed by atoms with Gasteiger partial charge in [-0.2, -0.15) is 4.98 Å². The van der Waals surface area contributed by atoms with E-state index in [2.05, 4.69) is 4.98 Å². The van der Waals surface area contributed by atoms with Crippen LogP contribution in [0.2, 0.25) is 0 Å². The maximum atomic E-state index is 13.5. The standard InChI is InChI=1S/C9H13FIN3O4/c10-5(4-16)8(18-2-1-15)14-3-6(11)7(12)13-9(14)17/h3,5,8,15-16H,1-2,4H2,(H2,12,13,17)/t5?,8-/m1/s1. The summed E-state index contributed by atoms with van der Waals surface area (Å²) in [7, 11) is 0. The molecule has 1 aromatic rings. The molecule has 0 aliphatic heterocycles. The molecule has 1 unspecified atom stereocenters. The van der Waals surface area contributed by atoms with Crippen LogP contribution in [0.4, 0.5) is 10.2 Å². The molecule has 0 spiro atoms. The van der Waals surface area contributed by atoms with E-state index in [1.165, 1.54) is 6.20 Å². The van der Waals surface area contributed by atoms with Crippen molar-refractivity contribution in [3.8, 4) is 0 Å². The summed E-state index contributed by atoms with van der Waals surface area (Å²) in [5.41, 5.74) is 4.66. The first-order valence-corrected chi connectivity index (χ1v) is 6.10. The van der Waals surface area contributed by atoms with Crippen molar-refractivity contribution in [2.24, 2.45) is 0 Å². The fourth-order valence-electron chi connectivity index (χ4n) is 1.26. The third kappa shape index (κ3) is 3.60. The van der Waals surface area contributed by atoms with E-state index in [1.54, 1.807) is 0 Å². The van der Waals surface area contributed by atoms with Crippen molar-refractivity contribution in [1.82, 2.24) is 9.55 Å². The minimum atomic E-state index is -1.81. The molecule has 1 heterocycles. The lowest BCUT2D eigenvalue weighted by Gasteiger charge is -2.22. The largest absolute Gasteiger partial charge is 0.394 e. The van der Waals surface area contributed by atoms with Crippen LogP contribution in [0.3, 0.4) is 0 Å². The van der Waals surface area contributed by atoms with Gasteiger partial charge in [0.2, 0.25) is 0 Å². The first-order chi connectivity index (χ1) is 8.51. The third-order valence-electron chi connectivity index (χ3n) is 2.07. The molecule has 0 aliphatic rings. The van der Waals surface area contributed by atoms with Gasteiger partial charge < -0.3 is 20.7 Å². The van der Waals surface area contributed by atoms with Gasteiger partial charge in [-0.05, 0) is 22.6 Å². The number of alkyl halides is 1. The number of aliphatic hydroxyl groups excluding tert-OH is 2. The molecule has 4 N–H and O–H groups in total. The minimum absolute atomic E-state index is 0.0390. The zero-order valence-electron chi connectivity index (χ0n) is 9.29. The van der Waals surface area contributed by atoms with Crippen LogP contribution in [0.15, 0.2) is 11.0 Å². The van der Waals surface area contributed by atoms with Gasteiger partial charge in [0.05, 0.1) is 23.4 Å². The highest BCUT2D eigenvalue weighted by molar-refractivity contribution is 14.1. The number of hydrogen-bond acceptors (Lipinski definition) is 6. The van der Waals surface area contributed by atoms with E-state index in [1.807, 2.05) is 22.6 Å². The Balaban J connectivity index is 3.12. The minimum Gasteiger partial charge on any atom is -0.394 e. The molecule has 7 nitrogen and oxygen atoms in total. The lowest BCUT2D eigenvalue weighted by Crippen LogP contribution is -2.36. The van der Waals surface area contributed by atoms with Crippen LogP contribution >= 0.6 is 22.6 Å². The highest BCUT2D eigenvalue weighted by atomic mass is 127. The van der Waals surface area contributed by atoms with Crippen molar-refractivity contribution in [2.45, 2.75) is 12.4 Å². The lowest BCUT2D eigenvalue weighted by atomic mass is 10.3. The Hall–Kier alpha value is -0.780. The predicted octanol–water partition coefficient (Wildman–Crippen LogP) is -0.732. The smallest absolute Gasteiger partial charge is 0.351 e. The molecule has 0 amide bonds. The number of rotatable bonds is 6. The van der Waals surface area contributed by atoms with Gasteiger partial charge in [0.15, 0.2) is 12.4 Å². The normalized spacial score (nSPS) is 14.4. The maximum Gasteiger partial charge on any atom is 0.351 e. The van der Waals surface area contributed by atoms with Crippen LogP contribution in [-0.4, -0.2) is 45.8 Å². The van der Waals surface area contributed by atoms with Gasteiger partial charge in [-0.15, -0.1) is 0 Å². The van der Waals surface area contributed by atoms with E-state index in [-0.39, 0.29) is 19.0 Å². The first-order valence-electron chi connectivity index (χ1n) is 5.02. The Morgan fingerprint density at radius 2 is 2.28 bits per heavy atom. The van der Waals surface area contributed by atoms with Crippen LogP contribution in [0, 0.1) is 3.57 Å². The highest BCUT2D eigenvalue weighted by Gasteiger charge is 2.24. The first kappa shape index (κ1) is 15.3. The fraction of sp³-hybridized carbons (Fsp3) is 0.556. The molecule has 2 atom stereocenters. The van der Waals surface area contributed by atoms with E-state index in [9.17, 15) is 9.18 Å². The summed E-state index contributed by atoms with van der Waals surface area (Å²) in [5, 5.41) is 17.5. The fourth-order valence-corrected chi connectivity index (χ4v) is 1.68. The Bertz CT molecular complexity index is 456. The van der Waals surface area contributed by atoms with Crippen LogP contribution in [0.5, 0.6) is 0 Å². The topological polar surface area (TPSA) is 111 Å². The molecule has 1 aromatic heterocycles. The summed E-state index contributed by atoms with van der Waals surface area (Å²) in [6.07, 6.45) is -1.87. The van der Waals surface area contributed by atoms with Gasteiger partial charge in [-0.1, -0.05) is 0 Å². The Morgan fingerprint density at radius 1 is 1.61 bits per heavy atom. The van der Waals surface area contributed by atoms with Crippen molar-refractivity contribution in [3.63, 3.8) is 0 Å². The summed E-state index contributed by atoms with van der Waals surface area (Å²) >= 11 is 1.84. The van der Waals surface area contributed by atoms with Crippen LogP contribution in [0.1, 0.15) is 6.23 Å². The summed E-state index contributed by atoms with van der Waals surface area (Å²) in [6, 6.07) is 0. The number of nitrogens with zero attached hydrogens (tertiary/aromatic N) is 2. The maximum absolute atomic E-state index is 13.5. The molecule has 9 heteroatoms. The number of aliphatic hydroxyl groups is 2. The number of anilines is 1. The van der Waals surface area contributed by atoms with Crippen molar-refractivity contribution in [2.75, 3.05) is 25.6 Å². The number of nitrogens with two attached hydrogens (primary N) is 1. The van der Waals surface area contributed by atoms with Gasteiger partial charge in [-0.3, -0.25) is 4.57 Å². The number of halogens is 2. The predicted molar refractivity (Wildman–Crippen MR) is 69.7 cm³/mol. The summed E-state index contributed by atoms with van der Waals surface area (Å²) < 4.78 is 19.9. The second kappa shape index (κ2) is 6.97. The zero-order valence-corrected chi connectivity index (χ0v) is 11.4. The monoisotopic (exact) mass is 373 g/mol. The number of hydrogen-bond donors (Lipinski definition) is 3. The molecule has 18 heavy (non-hydrogen) atoms. The molecule has 0 aliphatic carbocycles. The molecule has 102 valence electrons. The van der Waals surface area contributed by atoms with Crippen molar-refractivity contribution in [1.29, 1.82) is 0 Å². The number of nitrogen functional groups attached to an aromatic ring is 1. The van der Waals surface area contributed by atoms with Crippen LogP contribution in [-0.2, 0) is 4.74 Å². The van der Waals surface area contributed by atoms with Crippen LogP contribution < -0.4 is 11.4 Å². The van der Waals surface area contributed by atoms with Gasteiger partial charge in [0.1, 0.15) is 5.82 Å². The molecule has 0 radical (unpaired) electrons. The number of ether oxygens (including phenoxy) is 1. The molecule has 1 rings (SSSR count). The van der Waals surface area contributed by atoms with E-state index in [0.29, 0.717) is 3.57 Å². The van der Waals surface area contributed by atoms with Crippen LogP contribution in [0.25, 0.3) is 0 Å². The zero-order chi connectivity index (χ0) is 13.7. The Labute approximate surface area is 116 Å². The summed E-state index contributed by atoms with van der Waals surface area (Å²) in [4.78, 5) is 15.1. The molecule has 0 saturated carbocycles. The Morgan fingerprint density at radius 3 is 2.83 bits per heavy atom. The average molecular weight is 373 g/mol. The van der Waals surface area contributed by atoms with Gasteiger partial charge in [-0.25, -0.2) is 9.18 Å². The third-order valence-corrected chi connectivity index (χ3v) is 2.90. The molecule has 0 saturated heterocycles. The summed E-state index contributed by atoms with van der Waals surface area (Å²) in [6.45, 7) is -1.31. The van der Waals surface area contributed by atoms with E-state index < -0.39 is 24.7 Å². The van der Waals surface area contributed by atoms with Gasteiger partial charge in [0.25, 0.3) is 0 Å². The van der Waals surface area contributed by atoms with E-state index >= 15 is 0 Å². The second-order valence-electron chi connectivity index (χ2n) is 3.35.